The van der Waals surface area contributed by atoms with E-state index in [4.69, 9.17) is 10.8 Å². The number of hydrogen-bond acceptors (Lipinski definition) is 3. The molecule has 0 saturated carbocycles. The second-order valence-electron chi connectivity index (χ2n) is 4.94. The summed E-state index contributed by atoms with van der Waals surface area (Å²) in [4.78, 5) is 33.9. The summed E-state index contributed by atoms with van der Waals surface area (Å²) in [7, 11) is 0. The lowest BCUT2D eigenvalue weighted by atomic mass is 10.0. The molecule has 1 aliphatic carbocycles. The molecule has 20 heavy (non-hydrogen) atoms. The first-order chi connectivity index (χ1) is 9.47. The minimum absolute atomic E-state index is 0.290. The zero-order chi connectivity index (χ0) is 14.7. The first kappa shape index (κ1) is 14.0. The molecule has 0 fully saturated rings. The molecule has 0 radical (unpaired) electrons. The standard InChI is InChI=1S/C14H16N2O4/c15-12(17)7-11(14(19)20)16-13(18)10-5-8-3-1-2-4-9(8)6-10/h1-4,10-11H,5-7H2,(H2,15,17)(H,16,18)(H,19,20)/t11-/m1/s1. The summed E-state index contributed by atoms with van der Waals surface area (Å²) in [5.41, 5.74) is 7.19. The number of benzene rings is 1. The van der Waals surface area contributed by atoms with E-state index in [2.05, 4.69) is 5.32 Å². The molecular formula is C14H16N2O4. The van der Waals surface area contributed by atoms with E-state index in [-0.39, 0.29) is 11.8 Å². The van der Waals surface area contributed by atoms with Crippen LogP contribution < -0.4 is 11.1 Å². The van der Waals surface area contributed by atoms with E-state index in [1.807, 2.05) is 24.3 Å². The van der Waals surface area contributed by atoms with Gasteiger partial charge >= 0.3 is 5.97 Å². The molecule has 0 aromatic heterocycles. The van der Waals surface area contributed by atoms with Gasteiger partial charge in [0.15, 0.2) is 0 Å². The average Bonchev–Trinajstić information content (AvgIpc) is 2.81. The summed E-state index contributed by atoms with van der Waals surface area (Å²) in [6, 6.07) is 6.48. The highest BCUT2D eigenvalue weighted by atomic mass is 16.4. The number of carboxylic acids is 1. The fourth-order valence-corrected chi connectivity index (χ4v) is 2.44. The van der Waals surface area contributed by atoms with Gasteiger partial charge in [-0.15, -0.1) is 0 Å². The van der Waals surface area contributed by atoms with Crippen LogP contribution in [0.5, 0.6) is 0 Å². The van der Waals surface area contributed by atoms with E-state index in [0.717, 1.165) is 11.1 Å². The van der Waals surface area contributed by atoms with Crippen molar-refractivity contribution in [2.45, 2.75) is 25.3 Å². The molecule has 106 valence electrons. The van der Waals surface area contributed by atoms with E-state index < -0.39 is 24.3 Å². The molecule has 1 aliphatic rings. The molecule has 2 amide bonds. The van der Waals surface area contributed by atoms with Gasteiger partial charge in [-0.1, -0.05) is 24.3 Å². The summed E-state index contributed by atoms with van der Waals surface area (Å²) < 4.78 is 0. The Labute approximate surface area is 116 Å². The van der Waals surface area contributed by atoms with Crippen LogP contribution in [-0.2, 0) is 27.2 Å². The Kier molecular flexibility index (Phi) is 4.02. The third-order valence-electron chi connectivity index (χ3n) is 3.44. The molecule has 6 nitrogen and oxygen atoms in total. The maximum atomic E-state index is 12.1. The molecule has 0 heterocycles. The highest BCUT2D eigenvalue weighted by Gasteiger charge is 2.30. The van der Waals surface area contributed by atoms with Gasteiger partial charge in [0, 0.05) is 5.92 Å². The largest absolute Gasteiger partial charge is 0.480 e. The van der Waals surface area contributed by atoms with Crippen molar-refractivity contribution in [3.8, 4) is 0 Å². The van der Waals surface area contributed by atoms with Gasteiger partial charge < -0.3 is 16.2 Å². The second kappa shape index (κ2) is 5.73. The van der Waals surface area contributed by atoms with E-state index in [1.54, 1.807) is 0 Å². The Morgan fingerprint density at radius 2 is 1.80 bits per heavy atom. The van der Waals surface area contributed by atoms with Crippen molar-refractivity contribution in [3.63, 3.8) is 0 Å². The van der Waals surface area contributed by atoms with Crippen molar-refractivity contribution in [2.24, 2.45) is 11.7 Å². The van der Waals surface area contributed by atoms with Gasteiger partial charge in [0.05, 0.1) is 6.42 Å². The third kappa shape index (κ3) is 3.14. The lowest BCUT2D eigenvalue weighted by Gasteiger charge is -2.16. The number of hydrogen-bond donors (Lipinski definition) is 3. The van der Waals surface area contributed by atoms with Crippen LogP contribution in [0, 0.1) is 5.92 Å². The Morgan fingerprint density at radius 1 is 1.25 bits per heavy atom. The van der Waals surface area contributed by atoms with Crippen LogP contribution in [0.15, 0.2) is 24.3 Å². The predicted octanol–water partition coefficient (Wildman–Crippen LogP) is -0.154. The van der Waals surface area contributed by atoms with E-state index in [0.29, 0.717) is 12.8 Å². The van der Waals surface area contributed by atoms with Gasteiger partial charge in [0.2, 0.25) is 11.8 Å². The molecule has 1 atom stereocenters. The zero-order valence-corrected chi connectivity index (χ0v) is 10.8. The summed E-state index contributed by atoms with van der Waals surface area (Å²) >= 11 is 0. The number of amides is 2. The van der Waals surface area contributed by atoms with Crippen LogP contribution in [0.1, 0.15) is 17.5 Å². The second-order valence-corrected chi connectivity index (χ2v) is 4.94. The Balaban J connectivity index is 1.99. The number of carbonyl (C=O) groups is 3. The third-order valence-corrected chi connectivity index (χ3v) is 3.44. The summed E-state index contributed by atoms with van der Waals surface area (Å²) in [6.45, 7) is 0. The fraction of sp³-hybridized carbons (Fsp3) is 0.357. The number of carbonyl (C=O) groups excluding carboxylic acids is 2. The smallest absolute Gasteiger partial charge is 0.326 e. The normalized spacial score (nSPS) is 15.4. The number of aliphatic carboxylic acids is 1. The van der Waals surface area contributed by atoms with Crippen LogP contribution in [0.2, 0.25) is 0 Å². The molecular weight excluding hydrogens is 260 g/mol. The van der Waals surface area contributed by atoms with Gasteiger partial charge in [-0.05, 0) is 24.0 Å². The molecule has 1 aromatic rings. The Bertz CT molecular complexity index is 531. The maximum Gasteiger partial charge on any atom is 0.326 e. The van der Waals surface area contributed by atoms with Crippen molar-refractivity contribution >= 4 is 17.8 Å². The molecule has 6 heteroatoms. The lowest BCUT2D eigenvalue weighted by Crippen LogP contribution is -2.45. The van der Waals surface area contributed by atoms with Crippen LogP contribution >= 0.6 is 0 Å². The first-order valence-electron chi connectivity index (χ1n) is 6.35. The number of fused-ring (bicyclic) bond motifs is 1. The van der Waals surface area contributed by atoms with E-state index in [9.17, 15) is 14.4 Å². The van der Waals surface area contributed by atoms with Gasteiger partial charge in [-0.25, -0.2) is 4.79 Å². The van der Waals surface area contributed by atoms with E-state index in [1.165, 1.54) is 0 Å². The highest BCUT2D eigenvalue weighted by Crippen LogP contribution is 2.26. The van der Waals surface area contributed by atoms with Crippen molar-refractivity contribution in [2.75, 3.05) is 0 Å². The molecule has 0 bridgehead atoms. The average molecular weight is 276 g/mol. The monoisotopic (exact) mass is 276 g/mol. The fourth-order valence-electron chi connectivity index (χ4n) is 2.44. The first-order valence-corrected chi connectivity index (χ1v) is 6.35. The van der Waals surface area contributed by atoms with Crippen molar-refractivity contribution in [3.05, 3.63) is 35.4 Å². The predicted molar refractivity (Wildman–Crippen MR) is 70.7 cm³/mol. The molecule has 2 rings (SSSR count). The zero-order valence-electron chi connectivity index (χ0n) is 10.8. The maximum absolute atomic E-state index is 12.1. The lowest BCUT2D eigenvalue weighted by molar-refractivity contribution is -0.143. The SMILES string of the molecule is NC(=O)C[C@@H](NC(=O)C1Cc2ccccc2C1)C(=O)O. The topological polar surface area (TPSA) is 109 Å². The van der Waals surface area contributed by atoms with Gasteiger partial charge in [-0.3, -0.25) is 9.59 Å². The Morgan fingerprint density at radius 3 is 2.25 bits per heavy atom. The van der Waals surface area contributed by atoms with E-state index >= 15 is 0 Å². The van der Waals surface area contributed by atoms with Crippen LogP contribution in [-0.4, -0.2) is 28.9 Å². The summed E-state index contributed by atoms with van der Waals surface area (Å²) in [6.07, 6.45) is 0.774. The number of nitrogens with one attached hydrogen (secondary N) is 1. The number of rotatable bonds is 5. The van der Waals surface area contributed by atoms with Crippen molar-refractivity contribution in [1.29, 1.82) is 0 Å². The molecule has 4 N–H and O–H groups in total. The number of nitrogens with two attached hydrogens (primary N) is 1. The van der Waals surface area contributed by atoms with Gasteiger partial charge in [0.25, 0.3) is 0 Å². The van der Waals surface area contributed by atoms with Crippen molar-refractivity contribution < 1.29 is 19.5 Å². The summed E-state index contributed by atoms with van der Waals surface area (Å²) in [5.74, 6) is -2.66. The minimum Gasteiger partial charge on any atom is -0.480 e. The Hall–Kier alpha value is -2.37. The van der Waals surface area contributed by atoms with Crippen LogP contribution in [0.25, 0.3) is 0 Å². The number of primary amides is 1. The summed E-state index contributed by atoms with van der Waals surface area (Å²) in [5, 5.41) is 11.4. The van der Waals surface area contributed by atoms with Gasteiger partial charge in [0.1, 0.15) is 6.04 Å². The molecule has 0 unspecified atom stereocenters. The minimum atomic E-state index is -1.26. The molecule has 1 aromatic carbocycles. The van der Waals surface area contributed by atoms with Crippen LogP contribution in [0.4, 0.5) is 0 Å². The quantitative estimate of drug-likeness (QED) is 0.694. The molecule has 0 aliphatic heterocycles. The van der Waals surface area contributed by atoms with Gasteiger partial charge in [-0.2, -0.15) is 0 Å². The molecule has 0 spiro atoms. The number of carboxylic acid groups (broad SMARTS) is 1. The van der Waals surface area contributed by atoms with Crippen LogP contribution in [0.3, 0.4) is 0 Å². The van der Waals surface area contributed by atoms with Crippen molar-refractivity contribution in [1.82, 2.24) is 5.32 Å². The molecule has 0 saturated heterocycles. The highest BCUT2D eigenvalue weighted by molar-refractivity contribution is 5.89.